The van der Waals surface area contributed by atoms with E-state index in [2.05, 4.69) is 5.32 Å². The summed E-state index contributed by atoms with van der Waals surface area (Å²) in [6, 6.07) is 3.83. The minimum atomic E-state index is -3.87. The van der Waals surface area contributed by atoms with Crippen molar-refractivity contribution in [3.8, 4) is 5.75 Å². The van der Waals surface area contributed by atoms with E-state index in [1.807, 2.05) is 0 Å². The topological polar surface area (TPSA) is 108 Å². The lowest BCUT2D eigenvalue weighted by molar-refractivity contribution is 0.0926. The molecule has 0 saturated carbocycles. The Kier molecular flexibility index (Phi) is 4.26. The lowest BCUT2D eigenvalue weighted by atomic mass is 10.1. The number of carbonyl (C=O) groups is 1. The van der Waals surface area contributed by atoms with Crippen molar-refractivity contribution in [2.75, 3.05) is 20.3 Å². The molecule has 0 radical (unpaired) electrons. The SMILES string of the molecule is COc1ccc(S(N)(=O)=O)cc1C(=O)NC1CCOC1. The van der Waals surface area contributed by atoms with Gasteiger partial charge in [0, 0.05) is 6.61 Å². The van der Waals surface area contributed by atoms with Gasteiger partial charge < -0.3 is 14.8 Å². The summed E-state index contributed by atoms with van der Waals surface area (Å²) < 4.78 is 32.9. The first-order valence-corrected chi connectivity index (χ1v) is 7.56. The van der Waals surface area contributed by atoms with Crippen molar-refractivity contribution in [2.45, 2.75) is 17.4 Å². The van der Waals surface area contributed by atoms with E-state index in [1.54, 1.807) is 0 Å². The van der Waals surface area contributed by atoms with Crippen molar-refractivity contribution >= 4 is 15.9 Å². The molecule has 110 valence electrons. The van der Waals surface area contributed by atoms with Crippen LogP contribution >= 0.6 is 0 Å². The summed E-state index contributed by atoms with van der Waals surface area (Å²) in [5, 5.41) is 7.83. The minimum absolute atomic E-state index is 0.0784. The smallest absolute Gasteiger partial charge is 0.255 e. The number of rotatable bonds is 4. The third kappa shape index (κ3) is 3.27. The number of hydrogen-bond donors (Lipinski definition) is 2. The van der Waals surface area contributed by atoms with Crippen LogP contribution < -0.4 is 15.2 Å². The first kappa shape index (κ1) is 14.8. The average molecular weight is 300 g/mol. The zero-order valence-corrected chi connectivity index (χ0v) is 11.8. The predicted molar refractivity (Wildman–Crippen MR) is 71.1 cm³/mol. The van der Waals surface area contributed by atoms with Crippen LogP contribution in [0, 0.1) is 0 Å². The van der Waals surface area contributed by atoms with Gasteiger partial charge >= 0.3 is 0 Å². The summed E-state index contributed by atoms with van der Waals surface area (Å²) in [5.74, 6) is -0.128. The highest BCUT2D eigenvalue weighted by atomic mass is 32.2. The molecule has 7 nitrogen and oxygen atoms in total. The third-order valence-electron chi connectivity index (χ3n) is 3.01. The van der Waals surface area contributed by atoms with Crippen molar-refractivity contribution in [3.63, 3.8) is 0 Å². The summed E-state index contributed by atoms with van der Waals surface area (Å²) in [7, 11) is -2.47. The number of sulfonamides is 1. The molecule has 1 heterocycles. The van der Waals surface area contributed by atoms with Crippen LogP contribution in [0.15, 0.2) is 23.1 Å². The van der Waals surface area contributed by atoms with Crippen LogP contribution in [0.2, 0.25) is 0 Å². The molecular weight excluding hydrogens is 284 g/mol. The Hall–Kier alpha value is -1.64. The Morgan fingerprint density at radius 1 is 1.50 bits per heavy atom. The maximum atomic E-state index is 12.2. The summed E-state index contributed by atoms with van der Waals surface area (Å²) in [6.45, 7) is 1.04. The fraction of sp³-hybridized carbons (Fsp3) is 0.417. The first-order valence-electron chi connectivity index (χ1n) is 6.01. The standard InChI is InChI=1S/C12H16N2O5S/c1-18-11-3-2-9(20(13,16)17)6-10(11)12(15)14-8-4-5-19-7-8/h2-3,6,8H,4-5,7H2,1H3,(H,14,15)(H2,13,16,17). The third-order valence-corrected chi connectivity index (χ3v) is 3.92. The van der Waals surface area contributed by atoms with Gasteiger partial charge in [-0.05, 0) is 24.6 Å². The Bertz CT molecular complexity index is 608. The van der Waals surface area contributed by atoms with Crippen LogP contribution in [0.1, 0.15) is 16.8 Å². The normalized spacial score (nSPS) is 18.8. The number of methoxy groups -OCH3 is 1. The van der Waals surface area contributed by atoms with Gasteiger partial charge in [-0.3, -0.25) is 4.79 Å². The summed E-state index contributed by atoms with van der Waals surface area (Å²) >= 11 is 0. The lowest BCUT2D eigenvalue weighted by Crippen LogP contribution is -2.35. The van der Waals surface area contributed by atoms with E-state index in [-0.39, 0.29) is 22.3 Å². The van der Waals surface area contributed by atoms with E-state index >= 15 is 0 Å². The van der Waals surface area contributed by atoms with Gasteiger partial charge in [-0.15, -0.1) is 0 Å². The molecule has 1 unspecified atom stereocenters. The molecule has 1 fully saturated rings. The Balaban J connectivity index is 2.29. The largest absolute Gasteiger partial charge is 0.496 e. The summed E-state index contributed by atoms with van der Waals surface area (Å²) in [5.41, 5.74) is 0.130. The molecule has 3 N–H and O–H groups in total. The number of amides is 1. The molecule has 1 atom stereocenters. The van der Waals surface area contributed by atoms with Crippen LogP contribution in [0.5, 0.6) is 5.75 Å². The molecular formula is C12H16N2O5S. The van der Waals surface area contributed by atoms with Crippen LogP contribution in [0.4, 0.5) is 0 Å². The zero-order chi connectivity index (χ0) is 14.8. The second-order valence-corrected chi connectivity index (χ2v) is 6.00. The maximum Gasteiger partial charge on any atom is 0.255 e. The van der Waals surface area contributed by atoms with E-state index < -0.39 is 15.9 Å². The summed E-state index contributed by atoms with van der Waals surface area (Å²) in [6.07, 6.45) is 0.725. The minimum Gasteiger partial charge on any atom is -0.496 e. The number of primary sulfonamides is 1. The van der Waals surface area contributed by atoms with Gasteiger partial charge in [-0.2, -0.15) is 0 Å². The van der Waals surface area contributed by atoms with Crippen molar-refractivity contribution in [2.24, 2.45) is 5.14 Å². The molecule has 1 saturated heterocycles. The highest BCUT2D eigenvalue weighted by Crippen LogP contribution is 2.22. The van der Waals surface area contributed by atoms with Crippen molar-refractivity contribution < 1.29 is 22.7 Å². The molecule has 1 aliphatic rings. The Morgan fingerprint density at radius 2 is 2.25 bits per heavy atom. The second-order valence-electron chi connectivity index (χ2n) is 4.44. The highest BCUT2D eigenvalue weighted by molar-refractivity contribution is 7.89. The van der Waals surface area contributed by atoms with Gasteiger partial charge in [0.1, 0.15) is 5.75 Å². The van der Waals surface area contributed by atoms with Gasteiger partial charge in [0.2, 0.25) is 10.0 Å². The monoisotopic (exact) mass is 300 g/mol. The van der Waals surface area contributed by atoms with E-state index in [9.17, 15) is 13.2 Å². The van der Waals surface area contributed by atoms with Gasteiger partial charge in [0.25, 0.3) is 5.91 Å². The molecule has 0 spiro atoms. The highest BCUT2D eigenvalue weighted by Gasteiger charge is 2.22. The quantitative estimate of drug-likeness (QED) is 0.804. The van der Waals surface area contributed by atoms with E-state index in [0.29, 0.717) is 13.2 Å². The van der Waals surface area contributed by atoms with Crippen LogP contribution in [0.25, 0.3) is 0 Å². The zero-order valence-electron chi connectivity index (χ0n) is 11.0. The molecule has 1 aromatic carbocycles. The molecule has 0 aliphatic carbocycles. The predicted octanol–water partition coefficient (Wildman–Crippen LogP) is -0.139. The fourth-order valence-electron chi connectivity index (χ4n) is 1.95. The van der Waals surface area contributed by atoms with Crippen molar-refractivity contribution in [3.05, 3.63) is 23.8 Å². The van der Waals surface area contributed by atoms with E-state index in [0.717, 1.165) is 6.42 Å². The molecule has 1 amide bonds. The number of nitrogens with two attached hydrogens (primary N) is 1. The maximum absolute atomic E-state index is 12.2. The Morgan fingerprint density at radius 3 is 2.80 bits per heavy atom. The molecule has 0 aromatic heterocycles. The average Bonchev–Trinajstić information content (AvgIpc) is 2.89. The molecule has 1 aromatic rings. The summed E-state index contributed by atoms with van der Waals surface area (Å²) in [4.78, 5) is 12.0. The molecule has 2 rings (SSSR count). The number of benzene rings is 1. The molecule has 1 aliphatic heterocycles. The van der Waals surface area contributed by atoms with Crippen LogP contribution in [0.3, 0.4) is 0 Å². The first-order chi connectivity index (χ1) is 9.41. The lowest BCUT2D eigenvalue weighted by Gasteiger charge is -2.13. The van der Waals surface area contributed by atoms with Gasteiger partial charge in [-0.1, -0.05) is 0 Å². The number of ether oxygens (including phenoxy) is 2. The van der Waals surface area contributed by atoms with E-state index in [1.165, 1.54) is 25.3 Å². The van der Waals surface area contributed by atoms with Gasteiger partial charge in [-0.25, -0.2) is 13.6 Å². The molecule has 0 bridgehead atoms. The van der Waals surface area contributed by atoms with Crippen molar-refractivity contribution in [1.29, 1.82) is 0 Å². The molecule has 20 heavy (non-hydrogen) atoms. The fourth-order valence-corrected chi connectivity index (χ4v) is 2.49. The number of carbonyl (C=O) groups excluding carboxylic acids is 1. The van der Waals surface area contributed by atoms with E-state index in [4.69, 9.17) is 14.6 Å². The van der Waals surface area contributed by atoms with Crippen molar-refractivity contribution in [1.82, 2.24) is 5.32 Å². The van der Waals surface area contributed by atoms with Crippen LogP contribution in [-0.4, -0.2) is 40.7 Å². The number of hydrogen-bond acceptors (Lipinski definition) is 5. The van der Waals surface area contributed by atoms with Gasteiger partial charge in [0.05, 0.1) is 30.2 Å². The number of nitrogens with one attached hydrogen (secondary N) is 1. The van der Waals surface area contributed by atoms with Gasteiger partial charge in [0.15, 0.2) is 0 Å². The Labute approximate surface area is 117 Å². The molecule has 8 heteroatoms. The second kappa shape index (κ2) is 5.78. The van der Waals surface area contributed by atoms with Crippen LogP contribution in [-0.2, 0) is 14.8 Å².